The van der Waals surface area contributed by atoms with Crippen LogP contribution in [0.5, 0.6) is 0 Å². The van der Waals surface area contributed by atoms with E-state index in [1.807, 2.05) is 0 Å². The third kappa shape index (κ3) is 3.32. The van der Waals surface area contributed by atoms with Crippen LogP contribution in [0, 0.1) is 0 Å². The smallest absolute Gasteiger partial charge is 0.397 e. The number of carboxylic acids is 1. The van der Waals surface area contributed by atoms with Crippen LogP contribution >= 0.6 is 0 Å². The second kappa shape index (κ2) is 4.81. The SMILES string of the molecule is O=C(O)[C@@H]1O[C@@H](O)[C@H](OS(=O)(=O)O)[C@@H](O)[C@@H]1O. The topological polar surface area (TPSA) is 171 Å². The molecule has 10 nitrogen and oxygen atoms in total. The number of rotatable bonds is 3. The number of hydrogen-bond donors (Lipinski definition) is 5. The third-order valence-electron chi connectivity index (χ3n) is 2.04. The average Bonchev–Trinajstić information content (AvgIpc) is 2.16. The van der Waals surface area contributed by atoms with Crippen molar-refractivity contribution in [3.8, 4) is 0 Å². The Morgan fingerprint density at radius 2 is 1.71 bits per heavy atom. The van der Waals surface area contributed by atoms with Crippen molar-refractivity contribution in [2.45, 2.75) is 30.7 Å². The van der Waals surface area contributed by atoms with Gasteiger partial charge in [0.1, 0.15) is 12.2 Å². The van der Waals surface area contributed by atoms with Gasteiger partial charge in [0.25, 0.3) is 0 Å². The molecule has 0 aromatic heterocycles. The van der Waals surface area contributed by atoms with Crippen molar-refractivity contribution < 1.29 is 47.1 Å². The van der Waals surface area contributed by atoms with Gasteiger partial charge in [0, 0.05) is 0 Å². The molecule has 1 rings (SSSR count). The maximum absolute atomic E-state index is 10.5. The van der Waals surface area contributed by atoms with Gasteiger partial charge < -0.3 is 25.2 Å². The molecule has 1 saturated heterocycles. The molecule has 0 aromatic rings. The Morgan fingerprint density at radius 1 is 1.18 bits per heavy atom. The molecule has 1 aliphatic rings. The summed E-state index contributed by atoms with van der Waals surface area (Å²) in [4.78, 5) is 10.5. The van der Waals surface area contributed by atoms with E-state index in [4.69, 9.17) is 9.66 Å². The minimum absolute atomic E-state index is 1.67. The van der Waals surface area contributed by atoms with E-state index in [2.05, 4.69) is 8.92 Å². The average molecular weight is 274 g/mol. The summed E-state index contributed by atoms with van der Waals surface area (Å²) in [7, 11) is -5.01. The van der Waals surface area contributed by atoms with E-state index < -0.39 is 47.1 Å². The molecule has 0 bridgehead atoms. The summed E-state index contributed by atoms with van der Waals surface area (Å²) >= 11 is 0. The first-order chi connectivity index (χ1) is 7.63. The Morgan fingerprint density at radius 3 is 2.12 bits per heavy atom. The van der Waals surface area contributed by atoms with Gasteiger partial charge in [-0.2, -0.15) is 8.42 Å². The quantitative estimate of drug-likeness (QED) is 0.328. The molecule has 0 radical (unpaired) electrons. The highest BCUT2D eigenvalue weighted by atomic mass is 32.3. The number of ether oxygens (including phenoxy) is 1. The largest absolute Gasteiger partial charge is 0.479 e. The molecule has 5 N–H and O–H groups in total. The minimum Gasteiger partial charge on any atom is -0.479 e. The Kier molecular flexibility index (Phi) is 4.03. The van der Waals surface area contributed by atoms with E-state index in [1.54, 1.807) is 0 Å². The lowest BCUT2D eigenvalue weighted by molar-refractivity contribution is -0.274. The molecule has 1 aliphatic heterocycles. The zero-order chi connectivity index (χ0) is 13.4. The molecule has 17 heavy (non-hydrogen) atoms. The van der Waals surface area contributed by atoms with Gasteiger partial charge in [-0.05, 0) is 0 Å². The van der Waals surface area contributed by atoms with Crippen LogP contribution in [-0.2, 0) is 24.1 Å². The van der Waals surface area contributed by atoms with E-state index in [1.165, 1.54) is 0 Å². The van der Waals surface area contributed by atoms with E-state index in [9.17, 15) is 28.5 Å². The first-order valence-electron chi connectivity index (χ1n) is 4.21. The number of carbonyl (C=O) groups is 1. The van der Waals surface area contributed by atoms with Crippen molar-refractivity contribution in [1.82, 2.24) is 0 Å². The van der Waals surface area contributed by atoms with Crippen molar-refractivity contribution in [2.75, 3.05) is 0 Å². The number of hydrogen-bond acceptors (Lipinski definition) is 8. The molecule has 0 aliphatic carbocycles. The summed E-state index contributed by atoms with van der Waals surface area (Å²) in [6.07, 6.45) is -10.2. The Labute approximate surface area is 95.0 Å². The molecular formula is C6H10O10S. The second-order valence-corrected chi connectivity index (χ2v) is 4.30. The zero-order valence-corrected chi connectivity index (χ0v) is 8.89. The standard InChI is InChI=1S/C6H10O10S/c7-1-2(8)4(16-17(12,13)14)6(11)15-3(1)5(9)10/h1-4,6-8,11H,(H,9,10)(H,12,13,14)/t1-,2-,3+,4+,6+/m0/s1. The first-order valence-corrected chi connectivity index (χ1v) is 5.58. The van der Waals surface area contributed by atoms with E-state index in [-0.39, 0.29) is 0 Å². The summed E-state index contributed by atoms with van der Waals surface area (Å²) in [6.45, 7) is 0. The van der Waals surface area contributed by atoms with Gasteiger partial charge in [-0.15, -0.1) is 0 Å². The fourth-order valence-corrected chi connectivity index (χ4v) is 1.79. The number of carboxylic acid groups (broad SMARTS) is 1. The van der Waals surface area contributed by atoms with E-state index in [0.717, 1.165) is 0 Å². The second-order valence-electron chi connectivity index (χ2n) is 3.26. The Balaban J connectivity index is 2.87. The van der Waals surface area contributed by atoms with Gasteiger partial charge in [-0.3, -0.25) is 4.55 Å². The van der Waals surface area contributed by atoms with Gasteiger partial charge in [0.15, 0.2) is 18.5 Å². The zero-order valence-electron chi connectivity index (χ0n) is 8.07. The highest BCUT2D eigenvalue weighted by Gasteiger charge is 2.49. The van der Waals surface area contributed by atoms with Gasteiger partial charge in [-0.25, -0.2) is 8.98 Å². The fourth-order valence-electron chi connectivity index (χ4n) is 1.30. The Bertz CT molecular complexity index is 390. The van der Waals surface area contributed by atoms with Crippen LogP contribution in [0.25, 0.3) is 0 Å². The highest BCUT2D eigenvalue weighted by Crippen LogP contribution is 2.23. The monoisotopic (exact) mass is 274 g/mol. The summed E-state index contributed by atoms with van der Waals surface area (Å²) in [5.41, 5.74) is 0. The molecule has 0 spiro atoms. The van der Waals surface area contributed by atoms with Gasteiger partial charge >= 0.3 is 16.4 Å². The van der Waals surface area contributed by atoms with Crippen LogP contribution in [0.2, 0.25) is 0 Å². The molecule has 0 amide bonds. The molecule has 0 unspecified atom stereocenters. The first kappa shape index (κ1) is 14.2. The number of aliphatic hydroxyl groups is 3. The Hall–Kier alpha value is -0.820. The van der Waals surface area contributed by atoms with Crippen molar-refractivity contribution in [3.05, 3.63) is 0 Å². The predicted molar refractivity (Wildman–Crippen MR) is 47.0 cm³/mol. The van der Waals surface area contributed by atoms with E-state index >= 15 is 0 Å². The van der Waals surface area contributed by atoms with Crippen LogP contribution < -0.4 is 0 Å². The van der Waals surface area contributed by atoms with Crippen LogP contribution in [0.4, 0.5) is 0 Å². The molecule has 11 heteroatoms. The maximum Gasteiger partial charge on any atom is 0.397 e. The van der Waals surface area contributed by atoms with Crippen LogP contribution in [0.1, 0.15) is 0 Å². The molecular weight excluding hydrogens is 264 g/mol. The summed E-state index contributed by atoms with van der Waals surface area (Å²) in [5.74, 6) is -1.67. The van der Waals surface area contributed by atoms with Crippen molar-refractivity contribution in [1.29, 1.82) is 0 Å². The lowest BCUT2D eigenvalue weighted by Crippen LogP contribution is -2.60. The minimum atomic E-state index is -5.01. The van der Waals surface area contributed by atoms with Gasteiger partial charge in [0.2, 0.25) is 0 Å². The normalized spacial score (nSPS) is 38.9. The molecule has 0 aromatic carbocycles. The van der Waals surface area contributed by atoms with Crippen LogP contribution in [0.15, 0.2) is 0 Å². The lowest BCUT2D eigenvalue weighted by Gasteiger charge is -2.37. The lowest BCUT2D eigenvalue weighted by atomic mass is 9.99. The maximum atomic E-state index is 10.5. The predicted octanol–water partition coefficient (Wildman–Crippen LogP) is -3.30. The number of aliphatic hydroxyl groups excluding tert-OH is 3. The molecule has 0 saturated carbocycles. The van der Waals surface area contributed by atoms with Crippen molar-refractivity contribution in [2.24, 2.45) is 0 Å². The van der Waals surface area contributed by atoms with Crippen LogP contribution in [-0.4, -0.2) is 70.1 Å². The third-order valence-corrected chi connectivity index (χ3v) is 2.51. The number of aliphatic carboxylic acids is 1. The van der Waals surface area contributed by atoms with Crippen molar-refractivity contribution >= 4 is 16.4 Å². The highest BCUT2D eigenvalue weighted by molar-refractivity contribution is 7.80. The van der Waals surface area contributed by atoms with Crippen LogP contribution in [0.3, 0.4) is 0 Å². The fraction of sp³-hybridized carbons (Fsp3) is 0.833. The van der Waals surface area contributed by atoms with Gasteiger partial charge in [0.05, 0.1) is 0 Å². The molecule has 1 heterocycles. The summed E-state index contributed by atoms with van der Waals surface area (Å²) in [6, 6.07) is 0. The molecule has 100 valence electrons. The van der Waals surface area contributed by atoms with Gasteiger partial charge in [-0.1, -0.05) is 0 Å². The summed E-state index contributed by atoms with van der Waals surface area (Å²) in [5, 5.41) is 36.3. The molecule has 1 fully saturated rings. The van der Waals surface area contributed by atoms with Crippen molar-refractivity contribution in [3.63, 3.8) is 0 Å². The van der Waals surface area contributed by atoms with E-state index in [0.29, 0.717) is 0 Å². The molecule has 5 atom stereocenters. The summed E-state index contributed by atoms with van der Waals surface area (Å²) < 4.78 is 37.3.